The van der Waals surface area contributed by atoms with Crippen LogP contribution in [0.3, 0.4) is 0 Å². The van der Waals surface area contributed by atoms with Crippen molar-refractivity contribution in [1.29, 1.82) is 0 Å². The van der Waals surface area contributed by atoms with Gasteiger partial charge >= 0.3 is 0 Å². The molecule has 4 rings (SSSR count). The predicted octanol–water partition coefficient (Wildman–Crippen LogP) is 4.85. The summed E-state index contributed by atoms with van der Waals surface area (Å²) in [5.41, 5.74) is -0.0580. The minimum atomic E-state index is -1.67. The maximum Gasteiger partial charge on any atom is 0.175 e. The molecular weight excluding hydrogens is 349 g/mol. The zero-order chi connectivity index (χ0) is 18.1. The minimum Gasteiger partial charge on any atom is -0.296 e. The summed E-state index contributed by atoms with van der Waals surface area (Å²) in [6.07, 6.45) is 5.09. The van der Waals surface area contributed by atoms with E-state index in [0.29, 0.717) is 18.5 Å². The number of aryl methyl sites for hydroxylation is 1. The van der Waals surface area contributed by atoms with E-state index in [9.17, 15) is 9.18 Å². The fraction of sp³-hybridized carbons (Fsp3) is 0.400. The van der Waals surface area contributed by atoms with E-state index < -0.39 is 5.67 Å². The van der Waals surface area contributed by atoms with Crippen molar-refractivity contribution in [3.05, 3.63) is 41.2 Å². The minimum absolute atomic E-state index is 0.0502. The number of aromatic nitrogens is 3. The molecule has 1 aromatic carbocycles. The third-order valence-corrected chi connectivity index (χ3v) is 5.93. The molecule has 0 atom stereocenters. The largest absolute Gasteiger partial charge is 0.296 e. The highest BCUT2D eigenvalue weighted by molar-refractivity contribution is 7.14. The summed E-state index contributed by atoms with van der Waals surface area (Å²) in [4.78, 5) is 16.9. The van der Waals surface area contributed by atoms with Crippen molar-refractivity contribution >= 4 is 27.9 Å². The van der Waals surface area contributed by atoms with Gasteiger partial charge in [-0.1, -0.05) is 29.9 Å². The van der Waals surface area contributed by atoms with Crippen molar-refractivity contribution in [2.45, 2.75) is 51.1 Å². The molecule has 1 aliphatic carbocycles. The van der Waals surface area contributed by atoms with Crippen LogP contribution in [0.5, 0.6) is 0 Å². The molecule has 26 heavy (non-hydrogen) atoms. The first-order valence-electron chi connectivity index (χ1n) is 8.95. The van der Waals surface area contributed by atoms with Crippen LogP contribution in [0, 0.1) is 6.92 Å². The number of hydrogen-bond donors (Lipinski definition) is 0. The van der Waals surface area contributed by atoms with Crippen LogP contribution in [-0.4, -0.2) is 26.6 Å². The molecule has 0 unspecified atom stereocenters. The molecule has 1 saturated carbocycles. The van der Waals surface area contributed by atoms with Gasteiger partial charge < -0.3 is 0 Å². The molecule has 6 heteroatoms. The molecule has 0 spiro atoms. The van der Waals surface area contributed by atoms with Gasteiger partial charge in [0.1, 0.15) is 10.0 Å². The van der Waals surface area contributed by atoms with Crippen LogP contribution in [0.15, 0.2) is 30.5 Å². The number of carbonyl (C=O) groups is 1. The first-order valence-corrected chi connectivity index (χ1v) is 9.77. The Bertz CT molecular complexity index is 963. The van der Waals surface area contributed by atoms with E-state index in [2.05, 4.69) is 15.2 Å². The zero-order valence-electron chi connectivity index (χ0n) is 14.7. The van der Waals surface area contributed by atoms with Crippen molar-refractivity contribution in [2.75, 3.05) is 0 Å². The molecule has 0 radical (unpaired) electrons. The second-order valence-corrected chi connectivity index (χ2v) is 8.17. The van der Waals surface area contributed by atoms with Gasteiger partial charge in [-0.2, -0.15) is 0 Å². The summed E-state index contributed by atoms with van der Waals surface area (Å²) in [6, 6.07) is 7.89. The highest BCUT2D eigenvalue weighted by Crippen LogP contribution is 2.34. The van der Waals surface area contributed by atoms with Crippen LogP contribution in [0.25, 0.3) is 21.3 Å². The van der Waals surface area contributed by atoms with Gasteiger partial charge in [0.25, 0.3) is 0 Å². The van der Waals surface area contributed by atoms with Crippen molar-refractivity contribution in [2.24, 2.45) is 0 Å². The lowest BCUT2D eigenvalue weighted by Gasteiger charge is -2.27. The molecule has 4 nitrogen and oxygen atoms in total. The number of alkyl halides is 1. The molecule has 0 amide bonds. The number of pyridine rings is 1. The van der Waals surface area contributed by atoms with E-state index >= 15 is 0 Å². The summed E-state index contributed by atoms with van der Waals surface area (Å²) < 4.78 is 14.9. The molecule has 0 saturated heterocycles. The lowest BCUT2D eigenvalue weighted by Crippen LogP contribution is -2.37. The van der Waals surface area contributed by atoms with E-state index in [1.54, 1.807) is 17.5 Å². The van der Waals surface area contributed by atoms with Gasteiger partial charge in [0.15, 0.2) is 11.5 Å². The molecule has 0 N–H and O–H groups in total. The van der Waals surface area contributed by atoms with Gasteiger partial charge in [-0.05, 0) is 50.1 Å². The molecule has 0 aliphatic heterocycles. The van der Waals surface area contributed by atoms with Crippen LogP contribution >= 0.6 is 11.3 Å². The average molecular weight is 369 g/mol. The molecular formula is C20H20FN3OS. The average Bonchev–Trinajstić information content (AvgIpc) is 3.08. The number of nitrogens with zero attached hydrogens (tertiary/aromatic N) is 3. The zero-order valence-corrected chi connectivity index (χ0v) is 15.5. The third kappa shape index (κ3) is 3.38. The van der Waals surface area contributed by atoms with E-state index in [-0.39, 0.29) is 12.2 Å². The third-order valence-electron chi connectivity index (χ3n) is 5.04. The quantitative estimate of drug-likeness (QED) is 0.660. The Balaban J connectivity index is 1.61. The normalized spacial score (nSPS) is 16.7. The van der Waals surface area contributed by atoms with Gasteiger partial charge in [0.2, 0.25) is 0 Å². The summed E-state index contributed by atoms with van der Waals surface area (Å²) >= 11 is 1.54. The summed E-state index contributed by atoms with van der Waals surface area (Å²) in [5, 5.41) is 12.0. The van der Waals surface area contributed by atoms with Crippen LogP contribution in [0.1, 0.15) is 42.8 Å². The fourth-order valence-electron chi connectivity index (χ4n) is 3.54. The monoisotopic (exact) mass is 369 g/mol. The first-order chi connectivity index (χ1) is 12.5. The lowest BCUT2D eigenvalue weighted by molar-refractivity contribution is -0.132. The molecule has 1 aliphatic rings. The van der Waals surface area contributed by atoms with Crippen molar-refractivity contribution in [3.8, 4) is 10.6 Å². The highest BCUT2D eigenvalue weighted by atomic mass is 32.1. The van der Waals surface area contributed by atoms with E-state index in [1.807, 2.05) is 31.2 Å². The maximum atomic E-state index is 14.9. The van der Waals surface area contributed by atoms with Crippen LogP contribution in [0.4, 0.5) is 4.39 Å². The van der Waals surface area contributed by atoms with Crippen LogP contribution in [-0.2, 0) is 11.2 Å². The van der Waals surface area contributed by atoms with Crippen molar-refractivity contribution in [3.63, 3.8) is 0 Å². The van der Waals surface area contributed by atoms with Gasteiger partial charge in [-0.25, -0.2) is 4.39 Å². The van der Waals surface area contributed by atoms with Crippen LogP contribution < -0.4 is 0 Å². The Morgan fingerprint density at radius 1 is 1.15 bits per heavy atom. The Labute approximate surface area is 155 Å². The number of Topliss-reactive ketones (excluding diaryl/α,β-unsaturated/α-hetero) is 1. The summed E-state index contributed by atoms with van der Waals surface area (Å²) in [7, 11) is 0. The van der Waals surface area contributed by atoms with Gasteiger partial charge in [0, 0.05) is 22.8 Å². The summed E-state index contributed by atoms with van der Waals surface area (Å²) in [6.45, 7) is 1.92. The van der Waals surface area contributed by atoms with Crippen LogP contribution in [0.2, 0.25) is 0 Å². The number of rotatable bonds is 4. The molecule has 134 valence electrons. The van der Waals surface area contributed by atoms with Crippen molar-refractivity contribution in [1.82, 2.24) is 15.2 Å². The van der Waals surface area contributed by atoms with E-state index in [4.69, 9.17) is 0 Å². The Morgan fingerprint density at radius 2 is 1.96 bits per heavy atom. The number of hydrogen-bond acceptors (Lipinski definition) is 5. The number of ketones is 1. The number of fused-ring (bicyclic) bond motifs is 1. The molecule has 2 aromatic heterocycles. The van der Waals surface area contributed by atoms with Gasteiger partial charge in [-0.3, -0.25) is 9.78 Å². The second kappa shape index (κ2) is 6.83. The number of carbonyl (C=O) groups excluding carboxylic acids is 1. The Kier molecular flexibility index (Phi) is 4.53. The van der Waals surface area contributed by atoms with E-state index in [1.165, 1.54) is 0 Å². The number of benzene rings is 1. The number of halogens is 1. The molecule has 3 aromatic rings. The molecule has 0 bridgehead atoms. The van der Waals surface area contributed by atoms with Gasteiger partial charge in [0.05, 0.1) is 6.42 Å². The van der Waals surface area contributed by atoms with E-state index in [0.717, 1.165) is 45.6 Å². The molecule has 1 fully saturated rings. The predicted molar refractivity (Wildman–Crippen MR) is 101 cm³/mol. The molecule has 2 heterocycles. The Morgan fingerprint density at radius 3 is 2.69 bits per heavy atom. The second-order valence-electron chi connectivity index (χ2n) is 6.99. The smallest absolute Gasteiger partial charge is 0.175 e. The highest BCUT2D eigenvalue weighted by Gasteiger charge is 2.39. The summed E-state index contributed by atoms with van der Waals surface area (Å²) in [5.74, 6) is -0.333. The first kappa shape index (κ1) is 17.2. The maximum absolute atomic E-state index is 14.9. The lowest BCUT2D eigenvalue weighted by atomic mass is 9.82. The standard InChI is InChI=1S/C20H20FN3OS/c1-13-23-24-19(26-13)14-5-6-15-12-22-17(10-16(15)9-14)11-18(25)20(21)7-3-2-4-8-20/h5-6,9-10,12H,2-4,7-8,11H2,1H3. The Hall–Kier alpha value is -2.21. The fourth-order valence-corrected chi connectivity index (χ4v) is 4.23. The van der Waals surface area contributed by atoms with Crippen molar-refractivity contribution < 1.29 is 9.18 Å². The topological polar surface area (TPSA) is 55.7 Å². The SMILES string of the molecule is Cc1nnc(-c2ccc3cnc(CC(=O)C4(F)CCCCC4)cc3c2)s1. The van der Waals surface area contributed by atoms with Gasteiger partial charge in [-0.15, -0.1) is 10.2 Å².